The van der Waals surface area contributed by atoms with E-state index in [1.807, 2.05) is 13.1 Å². The Morgan fingerprint density at radius 1 is 1.53 bits per heavy atom. The van der Waals surface area contributed by atoms with Crippen molar-refractivity contribution in [3.05, 3.63) is 30.2 Å². The van der Waals surface area contributed by atoms with Gasteiger partial charge in [-0.15, -0.1) is 5.10 Å². The molecule has 15 heavy (non-hydrogen) atoms. The Balaban J connectivity index is 2.28. The van der Waals surface area contributed by atoms with Gasteiger partial charge in [-0.2, -0.15) is 15.5 Å². The van der Waals surface area contributed by atoms with Crippen molar-refractivity contribution in [3.8, 4) is 6.07 Å². The number of aryl methyl sites for hydroxylation is 1. The lowest BCUT2D eigenvalue weighted by Crippen LogP contribution is -1.97. The molecule has 0 aliphatic heterocycles. The van der Waals surface area contributed by atoms with Gasteiger partial charge in [0, 0.05) is 13.2 Å². The third-order valence-corrected chi connectivity index (χ3v) is 1.81. The van der Waals surface area contributed by atoms with Gasteiger partial charge in [0.15, 0.2) is 5.82 Å². The zero-order chi connectivity index (χ0) is 10.7. The quantitative estimate of drug-likeness (QED) is 0.776. The largest absolute Gasteiger partial charge is 0.335 e. The monoisotopic (exact) mass is 200 g/mol. The van der Waals surface area contributed by atoms with Crippen molar-refractivity contribution in [2.45, 2.75) is 0 Å². The maximum absolute atomic E-state index is 8.82. The summed E-state index contributed by atoms with van der Waals surface area (Å²) in [5, 5.41) is 23.3. The molecular weight excluding hydrogens is 192 g/mol. The molecule has 0 bridgehead atoms. The molecule has 0 unspecified atom stereocenters. The van der Waals surface area contributed by atoms with Crippen LogP contribution in [0, 0.1) is 11.3 Å². The molecule has 0 saturated carbocycles. The summed E-state index contributed by atoms with van der Waals surface area (Å²) >= 11 is 0. The summed E-state index contributed by atoms with van der Waals surface area (Å²) in [5.41, 5.74) is 1.23. The molecule has 0 aliphatic carbocycles. The van der Waals surface area contributed by atoms with Gasteiger partial charge >= 0.3 is 0 Å². The molecule has 0 aromatic carbocycles. The molecule has 6 heteroatoms. The lowest BCUT2D eigenvalue weighted by atomic mass is 10.3. The number of aromatic nitrogens is 4. The van der Waals surface area contributed by atoms with Crippen molar-refractivity contribution in [1.82, 2.24) is 20.0 Å². The van der Waals surface area contributed by atoms with Gasteiger partial charge in [0.1, 0.15) is 6.07 Å². The van der Waals surface area contributed by atoms with Crippen LogP contribution in [-0.2, 0) is 7.05 Å². The molecule has 0 fully saturated rings. The van der Waals surface area contributed by atoms with Crippen LogP contribution in [0.15, 0.2) is 24.7 Å². The minimum atomic E-state index is 0.438. The standard InChI is InChI=1S/C9H8N6/c1-15-6-8(5-12-15)13-9-7(4-10)2-3-11-14-9/h2-3,5-6H,1H3,(H,13,14). The first kappa shape index (κ1) is 9.15. The highest BCUT2D eigenvalue weighted by molar-refractivity contribution is 5.60. The van der Waals surface area contributed by atoms with E-state index in [4.69, 9.17) is 5.26 Å². The van der Waals surface area contributed by atoms with Gasteiger partial charge in [-0.05, 0) is 6.07 Å². The van der Waals surface area contributed by atoms with Crippen LogP contribution in [0.4, 0.5) is 11.5 Å². The normalized spacial score (nSPS) is 9.60. The van der Waals surface area contributed by atoms with E-state index in [1.165, 1.54) is 6.20 Å². The summed E-state index contributed by atoms with van der Waals surface area (Å²) in [4.78, 5) is 0. The van der Waals surface area contributed by atoms with E-state index in [0.717, 1.165) is 5.69 Å². The SMILES string of the molecule is Cn1cc(Nc2nnccc2C#N)cn1. The number of hydrogen-bond donors (Lipinski definition) is 1. The number of rotatable bonds is 2. The third-order valence-electron chi connectivity index (χ3n) is 1.81. The molecule has 2 aromatic rings. The van der Waals surface area contributed by atoms with Crippen LogP contribution in [0.2, 0.25) is 0 Å². The maximum Gasteiger partial charge on any atom is 0.171 e. The fraction of sp³-hybridized carbons (Fsp3) is 0.111. The molecule has 2 heterocycles. The van der Waals surface area contributed by atoms with Crippen LogP contribution in [0.5, 0.6) is 0 Å². The molecule has 0 aliphatic rings. The third kappa shape index (κ3) is 1.91. The maximum atomic E-state index is 8.82. The van der Waals surface area contributed by atoms with Crippen LogP contribution in [0.25, 0.3) is 0 Å². The summed E-state index contributed by atoms with van der Waals surface area (Å²) in [6.45, 7) is 0. The first-order valence-electron chi connectivity index (χ1n) is 4.27. The molecule has 0 saturated heterocycles. The van der Waals surface area contributed by atoms with Crippen LogP contribution in [0.1, 0.15) is 5.56 Å². The van der Waals surface area contributed by atoms with Crippen molar-refractivity contribution < 1.29 is 0 Å². The van der Waals surface area contributed by atoms with Gasteiger partial charge in [-0.25, -0.2) is 0 Å². The predicted molar refractivity (Wildman–Crippen MR) is 53.2 cm³/mol. The summed E-state index contributed by atoms with van der Waals surface area (Å²) in [6.07, 6.45) is 4.92. The number of hydrogen-bond acceptors (Lipinski definition) is 5. The number of anilines is 2. The Morgan fingerprint density at radius 3 is 3.07 bits per heavy atom. The average Bonchev–Trinajstić information content (AvgIpc) is 2.65. The molecule has 0 radical (unpaired) electrons. The Labute approximate surface area is 86.2 Å². The van der Waals surface area contributed by atoms with E-state index in [-0.39, 0.29) is 0 Å². The van der Waals surface area contributed by atoms with E-state index < -0.39 is 0 Å². The molecular formula is C9H8N6. The summed E-state index contributed by atoms with van der Waals surface area (Å²) in [7, 11) is 1.81. The fourth-order valence-corrected chi connectivity index (χ4v) is 1.14. The van der Waals surface area contributed by atoms with Crippen molar-refractivity contribution in [3.63, 3.8) is 0 Å². The van der Waals surface area contributed by atoms with Gasteiger partial charge < -0.3 is 5.32 Å². The summed E-state index contributed by atoms with van der Waals surface area (Å²) in [5.74, 6) is 0.438. The van der Waals surface area contributed by atoms with Gasteiger partial charge in [0.2, 0.25) is 0 Å². The molecule has 2 aromatic heterocycles. The fourth-order valence-electron chi connectivity index (χ4n) is 1.14. The van der Waals surface area contributed by atoms with E-state index in [9.17, 15) is 0 Å². The molecule has 6 nitrogen and oxygen atoms in total. The average molecular weight is 200 g/mol. The highest BCUT2D eigenvalue weighted by Crippen LogP contribution is 2.15. The zero-order valence-electron chi connectivity index (χ0n) is 8.05. The van der Waals surface area contributed by atoms with Crippen LogP contribution < -0.4 is 5.32 Å². The summed E-state index contributed by atoms with van der Waals surface area (Å²) in [6, 6.07) is 3.63. The zero-order valence-corrected chi connectivity index (χ0v) is 8.05. The predicted octanol–water partition coefficient (Wildman–Crippen LogP) is 0.825. The molecule has 0 amide bonds. The van der Waals surface area contributed by atoms with E-state index in [2.05, 4.69) is 20.6 Å². The number of nitrogens with one attached hydrogen (secondary N) is 1. The molecule has 74 valence electrons. The van der Waals surface area contributed by atoms with Gasteiger partial charge in [0.05, 0.1) is 23.6 Å². The van der Waals surface area contributed by atoms with Gasteiger partial charge in [0.25, 0.3) is 0 Å². The Hall–Kier alpha value is -2.42. The highest BCUT2D eigenvalue weighted by Gasteiger charge is 2.04. The van der Waals surface area contributed by atoms with E-state index in [1.54, 1.807) is 23.1 Å². The Kier molecular flexibility index (Phi) is 2.29. The number of nitriles is 1. The second-order valence-electron chi connectivity index (χ2n) is 2.93. The molecule has 1 N–H and O–H groups in total. The molecule has 2 rings (SSSR count). The van der Waals surface area contributed by atoms with Gasteiger partial charge in [-0.1, -0.05) is 0 Å². The highest BCUT2D eigenvalue weighted by atomic mass is 15.3. The van der Waals surface area contributed by atoms with Crippen molar-refractivity contribution >= 4 is 11.5 Å². The molecule has 0 atom stereocenters. The first-order valence-corrected chi connectivity index (χ1v) is 4.27. The Bertz CT molecular complexity index is 509. The topological polar surface area (TPSA) is 79.4 Å². The minimum Gasteiger partial charge on any atom is -0.335 e. The Morgan fingerprint density at radius 2 is 2.40 bits per heavy atom. The lowest BCUT2D eigenvalue weighted by Gasteiger charge is -2.01. The second kappa shape index (κ2) is 3.75. The first-order chi connectivity index (χ1) is 7.29. The smallest absolute Gasteiger partial charge is 0.171 e. The van der Waals surface area contributed by atoms with Crippen LogP contribution >= 0.6 is 0 Å². The van der Waals surface area contributed by atoms with Crippen LogP contribution in [0.3, 0.4) is 0 Å². The lowest BCUT2D eigenvalue weighted by molar-refractivity contribution is 0.768. The van der Waals surface area contributed by atoms with E-state index >= 15 is 0 Å². The van der Waals surface area contributed by atoms with E-state index in [0.29, 0.717) is 11.4 Å². The second-order valence-corrected chi connectivity index (χ2v) is 2.93. The van der Waals surface area contributed by atoms with Crippen molar-refractivity contribution in [2.75, 3.05) is 5.32 Å². The van der Waals surface area contributed by atoms with Crippen LogP contribution in [-0.4, -0.2) is 20.0 Å². The summed E-state index contributed by atoms with van der Waals surface area (Å²) < 4.78 is 1.66. The molecule has 0 spiro atoms. The van der Waals surface area contributed by atoms with Crippen molar-refractivity contribution in [1.29, 1.82) is 5.26 Å². The number of nitrogens with zero attached hydrogens (tertiary/aromatic N) is 5. The van der Waals surface area contributed by atoms with Gasteiger partial charge in [-0.3, -0.25) is 4.68 Å². The van der Waals surface area contributed by atoms with Crippen molar-refractivity contribution in [2.24, 2.45) is 7.05 Å². The minimum absolute atomic E-state index is 0.438.